The molecule has 0 spiro atoms. The molecule has 3 nitrogen and oxygen atoms in total. The molecule has 0 aliphatic carbocycles. The Morgan fingerprint density at radius 3 is 2.46 bits per heavy atom. The lowest BCUT2D eigenvalue weighted by molar-refractivity contribution is 0.0591. The highest BCUT2D eigenvalue weighted by Gasteiger charge is 2.09. The minimum Gasteiger partial charge on any atom is -0.391 e. The topological polar surface area (TPSA) is 41.5 Å². The van der Waals surface area contributed by atoms with E-state index in [0.717, 1.165) is 19.5 Å². The normalized spacial score (nSPS) is 14.5. The van der Waals surface area contributed by atoms with Gasteiger partial charge in [-0.05, 0) is 24.9 Å². The number of aliphatic hydroxyl groups is 1. The third kappa shape index (κ3) is 9.80. The van der Waals surface area contributed by atoms with Crippen molar-refractivity contribution in [3.8, 4) is 0 Å². The van der Waals surface area contributed by atoms with E-state index in [0.29, 0.717) is 12.0 Å². The smallest absolute Gasteiger partial charge is 0.0785 e. The Hall–Kier alpha value is -0.120. The molecule has 0 aromatic carbocycles. The zero-order valence-corrected chi connectivity index (χ0v) is 9.26. The average Bonchev–Trinajstić information content (AvgIpc) is 1.97. The molecule has 1 unspecified atom stereocenters. The van der Waals surface area contributed by atoms with E-state index in [4.69, 9.17) is 4.74 Å². The van der Waals surface area contributed by atoms with Gasteiger partial charge in [-0.2, -0.15) is 0 Å². The van der Waals surface area contributed by atoms with Gasteiger partial charge >= 0.3 is 0 Å². The van der Waals surface area contributed by atoms with Crippen LogP contribution in [0.3, 0.4) is 0 Å². The van der Waals surface area contributed by atoms with E-state index in [1.807, 2.05) is 0 Å². The minimum absolute atomic E-state index is 0.312. The van der Waals surface area contributed by atoms with Crippen molar-refractivity contribution in [2.75, 3.05) is 26.8 Å². The van der Waals surface area contributed by atoms with E-state index in [1.165, 1.54) is 0 Å². The van der Waals surface area contributed by atoms with Gasteiger partial charge in [0.15, 0.2) is 0 Å². The summed E-state index contributed by atoms with van der Waals surface area (Å²) in [6, 6.07) is 0. The molecule has 0 aromatic heterocycles. The van der Waals surface area contributed by atoms with Gasteiger partial charge in [-0.3, -0.25) is 0 Å². The van der Waals surface area contributed by atoms with Crippen LogP contribution in [0.4, 0.5) is 0 Å². The first-order chi connectivity index (χ1) is 5.95. The second-order valence-corrected chi connectivity index (χ2v) is 4.64. The Kier molecular flexibility index (Phi) is 6.29. The lowest BCUT2D eigenvalue weighted by Gasteiger charge is -2.19. The first-order valence-corrected chi connectivity index (χ1v) is 4.83. The molecule has 0 radical (unpaired) electrons. The van der Waals surface area contributed by atoms with E-state index in [1.54, 1.807) is 7.11 Å². The van der Waals surface area contributed by atoms with Gasteiger partial charge in [0.25, 0.3) is 0 Å². The minimum atomic E-state index is -0.336. The zero-order chi connectivity index (χ0) is 10.3. The van der Waals surface area contributed by atoms with Gasteiger partial charge in [-0.1, -0.05) is 20.8 Å². The molecule has 13 heavy (non-hydrogen) atoms. The van der Waals surface area contributed by atoms with Crippen LogP contribution in [0.5, 0.6) is 0 Å². The standard InChI is InChI=1S/C10H23NO2/c1-10(2,3)8-11-6-5-9(12)7-13-4/h9,11-12H,5-8H2,1-4H3. The maximum absolute atomic E-state index is 9.31. The summed E-state index contributed by atoms with van der Waals surface area (Å²) in [5, 5.41) is 12.6. The Morgan fingerprint density at radius 2 is 2.00 bits per heavy atom. The fourth-order valence-electron chi connectivity index (χ4n) is 1.01. The van der Waals surface area contributed by atoms with Gasteiger partial charge in [0, 0.05) is 7.11 Å². The van der Waals surface area contributed by atoms with Crippen molar-refractivity contribution in [2.45, 2.75) is 33.3 Å². The summed E-state index contributed by atoms with van der Waals surface area (Å²) < 4.78 is 4.82. The molecular weight excluding hydrogens is 166 g/mol. The van der Waals surface area contributed by atoms with Gasteiger partial charge in [0.2, 0.25) is 0 Å². The highest BCUT2D eigenvalue weighted by atomic mass is 16.5. The van der Waals surface area contributed by atoms with Crippen molar-refractivity contribution < 1.29 is 9.84 Å². The van der Waals surface area contributed by atoms with Crippen LogP contribution in [0.2, 0.25) is 0 Å². The summed E-state index contributed by atoms with van der Waals surface area (Å²) >= 11 is 0. The Labute approximate surface area is 81.5 Å². The molecule has 0 saturated carbocycles. The number of hydrogen-bond acceptors (Lipinski definition) is 3. The summed E-state index contributed by atoms with van der Waals surface area (Å²) in [6.45, 7) is 8.81. The van der Waals surface area contributed by atoms with Crippen LogP contribution in [0.1, 0.15) is 27.2 Å². The van der Waals surface area contributed by atoms with Crippen LogP contribution in [0.25, 0.3) is 0 Å². The largest absolute Gasteiger partial charge is 0.391 e. The van der Waals surface area contributed by atoms with Gasteiger partial charge in [0.1, 0.15) is 0 Å². The lowest BCUT2D eigenvalue weighted by Crippen LogP contribution is -2.30. The second kappa shape index (κ2) is 6.35. The molecule has 0 fully saturated rings. The maximum atomic E-state index is 9.31. The molecule has 2 N–H and O–H groups in total. The van der Waals surface area contributed by atoms with E-state index >= 15 is 0 Å². The van der Waals surface area contributed by atoms with E-state index in [9.17, 15) is 5.11 Å². The molecule has 0 aromatic rings. The number of methoxy groups -OCH3 is 1. The fraction of sp³-hybridized carbons (Fsp3) is 1.00. The average molecular weight is 189 g/mol. The van der Waals surface area contributed by atoms with Crippen molar-refractivity contribution in [1.82, 2.24) is 5.32 Å². The molecule has 0 amide bonds. The Morgan fingerprint density at radius 1 is 1.38 bits per heavy atom. The highest BCUT2D eigenvalue weighted by Crippen LogP contribution is 2.09. The van der Waals surface area contributed by atoms with Crippen LogP contribution in [0, 0.1) is 5.41 Å². The fourth-order valence-corrected chi connectivity index (χ4v) is 1.01. The number of nitrogens with one attached hydrogen (secondary N) is 1. The van der Waals surface area contributed by atoms with Crippen molar-refractivity contribution in [3.63, 3.8) is 0 Å². The predicted octanol–water partition coefficient (Wildman–Crippen LogP) is 1.02. The van der Waals surface area contributed by atoms with Gasteiger partial charge in [-0.15, -0.1) is 0 Å². The van der Waals surface area contributed by atoms with Crippen LogP contribution in [0.15, 0.2) is 0 Å². The van der Waals surface area contributed by atoms with Crippen LogP contribution < -0.4 is 5.32 Å². The van der Waals surface area contributed by atoms with Crippen LogP contribution in [-0.2, 0) is 4.74 Å². The quantitative estimate of drug-likeness (QED) is 0.613. The van der Waals surface area contributed by atoms with E-state index in [2.05, 4.69) is 26.1 Å². The first-order valence-electron chi connectivity index (χ1n) is 4.83. The van der Waals surface area contributed by atoms with Crippen LogP contribution >= 0.6 is 0 Å². The molecule has 1 atom stereocenters. The second-order valence-electron chi connectivity index (χ2n) is 4.64. The van der Waals surface area contributed by atoms with Crippen molar-refractivity contribution >= 4 is 0 Å². The lowest BCUT2D eigenvalue weighted by atomic mass is 9.97. The summed E-state index contributed by atoms with van der Waals surface area (Å²) in [4.78, 5) is 0. The zero-order valence-electron chi connectivity index (χ0n) is 9.26. The van der Waals surface area contributed by atoms with Crippen molar-refractivity contribution in [2.24, 2.45) is 5.41 Å². The summed E-state index contributed by atoms with van der Waals surface area (Å²) in [5.74, 6) is 0. The third-order valence-electron chi connectivity index (χ3n) is 1.67. The van der Waals surface area contributed by atoms with Gasteiger partial charge < -0.3 is 15.2 Å². The van der Waals surface area contributed by atoms with Gasteiger partial charge in [-0.25, -0.2) is 0 Å². The number of rotatable bonds is 6. The van der Waals surface area contributed by atoms with Crippen molar-refractivity contribution in [1.29, 1.82) is 0 Å². The maximum Gasteiger partial charge on any atom is 0.0785 e. The molecule has 80 valence electrons. The summed E-state index contributed by atoms with van der Waals surface area (Å²) in [6.07, 6.45) is 0.418. The molecule has 0 heterocycles. The van der Waals surface area contributed by atoms with Gasteiger partial charge in [0.05, 0.1) is 12.7 Å². The Balaban J connectivity index is 3.25. The molecule has 0 saturated heterocycles. The molecule has 0 aliphatic heterocycles. The monoisotopic (exact) mass is 189 g/mol. The van der Waals surface area contributed by atoms with E-state index in [-0.39, 0.29) is 6.10 Å². The number of ether oxygens (including phenoxy) is 1. The van der Waals surface area contributed by atoms with Crippen molar-refractivity contribution in [3.05, 3.63) is 0 Å². The summed E-state index contributed by atoms with van der Waals surface area (Å²) in [5.41, 5.74) is 0.312. The third-order valence-corrected chi connectivity index (χ3v) is 1.67. The Bertz CT molecular complexity index is 121. The highest BCUT2D eigenvalue weighted by molar-refractivity contribution is 4.65. The molecule has 0 bridgehead atoms. The molecular formula is C10H23NO2. The molecule has 0 aliphatic rings. The summed E-state index contributed by atoms with van der Waals surface area (Å²) in [7, 11) is 1.60. The van der Waals surface area contributed by atoms with Crippen LogP contribution in [-0.4, -0.2) is 38.0 Å². The first kappa shape index (κ1) is 12.9. The van der Waals surface area contributed by atoms with E-state index < -0.39 is 0 Å². The predicted molar refractivity (Wildman–Crippen MR) is 54.8 cm³/mol. The SMILES string of the molecule is COCC(O)CCNCC(C)(C)C. The molecule has 3 heteroatoms. The number of aliphatic hydroxyl groups excluding tert-OH is 1. The number of hydrogen-bond donors (Lipinski definition) is 2. The molecule has 0 rings (SSSR count).